The average molecular weight is 361 g/mol. The second-order valence-corrected chi connectivity index (χ2v) is 6.27. The second kappa shape index (κ2) is 7.37. The molecule has 1 aliphatic rings. The zero-order valence-corrected chi connectivity index (χ0v) is 14.8. The minimum atomic E-state index is -0.430. The van der Waals surface area contributed by atoms with Gasteiger partial charge in [-0.2, -0.15) is 5.10 Å². The Hall–Kier alpha value is -3.54. The molecule has 0 aromatic heterocycles. The summed E-state index contributed by atoms with van der Waals surface area (Å²) in [6.45, 7) is 2.02. The van der Waals surface area contributed by atoms with Crippen molar-refractivity contribution in [3.05, 3.63) is 66.2 Å². The highest BCUT2D eigenvalue weighted by atomic mass is 16.7. The zero-order valence-electron chi connectivity index (χ0n) is 14.8. The number of carbonyl (C=O) groups is 1. The van der Waals surface area contributed by atoms with Crippen LogP contribution in [0.3, 0.4) is 0 Å². The SMILES string of the molecule is C[C@H](Nc1ccc2ccccc2c1)C(=O)N/N=C\c1ccc2c(c1)OCO2. The molecule has 1 atom stereocenters. The molecule has 0 fully saturated rings. The Balaban J connectivity index is 1.35. The zero-order chi connectivity index (χ0) is 18.6. The van der Waals surface area contributed by atoms with E-state index in [1.807, 2.05) is 54.6 Å². The first kappa shape index (κ1) is 16.9. The molecule has 0 radical (unpaired) electrons. The molecule has 6 heteroatoms. The minimum Gasteiger partial charge on any atom is -0.454 e. The maximum absolute atomic E-state index is 12.3. The minimum absolute atomic E-state index is 0.222. The van der Waals surface area contributed by atoms with Gasteiger partial charge in [0.1, 0.15) is 6.04 Å². The normalized spacial score (nSPS) is 13.7. The van der Waals surface area contributed by atoms with Gasteiger partial charge in [-0.25, -0.2) is 5.43 Å². The first-order valence-electron chi connectivity index (χ1n) is 8.67. The van der Waals surface area contributed by atoms with Crippen molar-refractivity contribution in [3.63, 3.8) is 0 Å². The molecule has 3 aromatic carbocycles. The van der Waals surface area contributed by atoms with E-state index in [-0.39, 0.29) is 12.7 Å². The summed E-state index contributed by atoms with van der Waals surface area (Å²) in [5, 5.41) is 9.49. The van der Waals surface area contributed by atoms with Gasteiger partial charge in [-0.3, -0.25) is 4.79 Å². The maximum Gasteiger partial charge on any atom is 0.262 e. The molecule has 1 heterocycles. The third-order valence-corrected chi connectivity index (χ3v) is 4.31. The fraction of sp³-hybridized carbons (Fsp3) is 0.143. The molecule has 0 unspecified atom stereocenters. The van der Waals surface area contributed by atoms with Gasteiger partial charge in [0, 0.05) is 5.69 Å². The average Bonchev–Trinajstić information content (AvgIpc) is 3.15. The molecule has 0 saturated carbocycles. The molecule has 1 aliphatic heterocycles. The number of hydrogen-bond acceptors (Lipinski definition) is 5. The Morgan fingerprint density at radius 2 is 1.85 bits per heavy atom. The topological polar surface area (TPSA) is 72.0 Å². The van der Waals surface area contributed by atoms with Gasteiger partial charge >= 0.3 is 0 Å². The highest BCUT2D eigenvalue weighted by molar-refractivity contribution is 5.89. The van der Waals surface area contributed by atoms with Crippen LogP contribution in [0.1, 0.15) is 12.5 Å². The molecule has 0 saturated heterocycles. The van der Waals surface area contributed by atoms with Crippen molar-refractivity contribution in [1.82, 2.24) is 5.43 Å². The third-order valence-electron chi connectivity index (χ3n) is 4.31. The van der Waals surface area contributed by atoms with E-state index in [0.717, 1.165) is 22.0 Å². The van der Waals surface area contributed by atoms with Gasteiger partial charge < -0.3 is 14.8 Å². The van der Waals surface area contributed by atoms with Crippen molar-refractivity contribution in [2.45, 2.75) is 13.0 Å². The molecule has 0 bridgehead atoms. The lowest BCUT2D eigenvalue weighted by atomic mass is 10.1. The number of hydrazone groups is 1. The summed E-state index contributed by atoms with van der Waals surface area (Å²) >= 11 is 0. The van der Waals surface area contributed by atoms with E-state index in [2.05, 4.69) is 21.9 Å². The molecule has 1 amide bonds. The van der Waals surface area contributed by atoms with Gasteiger partial charge in [0.15, 0.2) is 11.5 Å². The van der Waals surface area contributed by atoms with E-state index in [9.17, 15) is 4.79 Å². The molecule has 2 N–H and O–H groups in total. The summed E-state index contributed by atoms with van der Waals surface area (Å²) < 4.78 is 10.6. The van der Waals surface area contributed by atoms with E-state index >= 15 is 0 Å². The summed E-state index contributed by atoms with van der Waals surface area (Å²) in [4.78, 5) is 12.3. The van der Waals surface area contributed by atoms with Crippen molar-refractivity contribution >= 4 is 28.6 Å². The summed E-state index contributed by atoms with van der Waals surface area (Å²) in [6.07, 6.45) is 1.57. The van der Waals surface area contributed by atoms with Crippen LogP contribution in [0.2, 0.25) is 0 Å². The van der Waals surface area contributed by atoms with Gasteiger partial charge in [-0.05, 0) is 53.6 Å². The van der Waals surface area contributed by atoms with Crippen LogP contribution in [-0.2, 0) is 4.79 Å². The van der Waals surface area contributed by atoms with E-state index in [4.69, 9.17) is 9.47 Å². The van der Waals surface area contributed by atoms with Crippen LogP contribution in [0.4, 0.5) is 5.69 Å². The number of anilines is 1. The van der Waals surface area contributed by atoms with Crippen molar-refractivity contribution in [2.24, 2.45) is 5.10 Å². The summed E-state index contributed by atoms with van der Waals surface area (Å²) in [5.41, 5.74) is 4.25. The molecule has 3 aromatic rings. The summed E-state index contributed by atoms with van der Waals surface area (Å²) in [7, 11) is 0. The third kappa shape index (κ3) is 3.84. The lowest BCUT2D eigenvalue weighted by Crippen LogP contribution is -2.34. The van der Waals surface area contributed by atoms with Crippen LogP contribution in [0.5, 0.6) is 11.5 Å². The molecular formula is C21H19N3O3. The number of fused-ring (bicyclic) bond motifs is 2. The lowest BCUT2D eigenvalue weighted by molar-refractivity contribution is -0.121. The number of rotatable bonds is 5. The molecule has 0 spiro atoms. The van der Waals surface area contributed by atoms with E-state index in [1.165, 1.54) is 0 Å². The Morgan fingerprint density at radius 3 is 2.74 bits per heavy atom. The van der Waals surface area contributed by atoms with Crippen LogP contribution < -0.4 is 20.2 Å². The second-order valence-electron chi connectivity index (χ2n) is 6.27. The maximum atomic E-state index is 12.3. The quantitative estimate of drug-likeness (QED) is 0.539. The van der Waals surface area contributed by atoms with Crippen molar-refractivity contribution in [3.8, 4) is 11.5 Å². The number of benzene rings is 3. The number of carbonyl (C=O) groups excluding carboxylic acids is 1. The number of nitrogens with zero attached hydrogens (tertiary/aromatic N) is 1. The summed E-state index contributed by atoms with van der Waals surface area (Å²) in [5.74, 6) is 1.17. The summed E-state index contributed by atoms with van der Waals surface area (Å²) in [6, 6.07) is 19.2. The highest BCUT2D eigenvalue weighted by Gasteiger charge is 2.13. The van der Waals surface area contributed by atoms with Crippen LogP contribution in [0, 0.1) is 0 Å². The predicted molar refractivity (Wildman–Crippen MR) is 105 cm³/mol. The number of amides is 1. The van der Waals surface area contributed by atoms with Crippen molar-refractivity contribution < 1.29 is 14.3 Å². The van der Waals surface area contributed by atoms with E-state index < -0.39 is 6.04 Å². The van der Waals surface area contributed by atoms with Crippen molar-refractivity contribution in [2.75, 3.05) is 12.1 Å². The molecule has 27 heavy (non-hydrogen) atoms. The highest BCUT2D eigenvalue weighted by Crippen LogP contribution is 2.31. The van der Waals surface area contributed by atoms with Crippen LogP contribution in [0.15, 0.2) is 65.8 Å². The number of nitrogens with one attached hydrogen (secondary N) is 2. The molecule has 4 rings (SSSR count). The van der Waals surface area contributed by atoms with Gasteiger partial charge in [0.2, 0.25) is 6.79 Å². The predicted octanol–water partition coefficient (Wildman–Crippen LogP) is 3.52. The van der Waals surface area contributed by atoms with Gasteiger partial charge in [0.25, 0.3) is 5.91 Å². The standard InChI is InChI=1S/C21H19N3O3/c1-14(23-18-8-7-16-4-2-3-5-17(16)11-18)21(25)24-22-12-15-6-9-19-20(10-15)27-13-26-19/h2-12,14,23H,13H2,1H3,(H,24,25)/b22-12-/t14-/m0/s1. The van der Waals surface area contributed by atoms with Gasteiger partial charge in [0.05, 0.1) is 6.21 Å². The van der Waals surface area contributed by atoms with Crippen LogP contribution >= 0.6 is 0 Å². The number of ether oxygens (including phenoxy) is 2. The van der Waals surface area contributed by atoms with E-state index in [0.29, 0.717) is 11.5 Å². The van der Waals surface area contributed by atoms with Gasteiger partial charge in [-0.1, -0.05) is 30.3 Å². The molecule has 136 valence electrons. The Labute approximate surface area is 156 Å². The first-order chi connectivity index (χ1) is 13.2. The first-order valence-corrected chi connectivity index (χ1v) is 8.67. The number of hydrogen-bond donors (Lipinski definition) is 2. The molecule has 6 nitrogen and oxygen atoms in total. The van der Waals surface area contributed by atoms with Crippen LogP contribution in [0.25, 0.3) is 10.8 Å². The monoisotopic (exact) mass is 361 g/mol. The largest absolute Gasteiger partial charge is 0.454 e. The lowest BCUT2D eigenvalue weighted by Gasteiger charge is -2.14. The van der Waals surface area contributed by atoms with Crippen molar-refractivity contribution in [1.29, 1.82) is 0 Å². The Bertz CT molecular complexity index is 1020. The Morgan fingerprint density at radius 1 is 1.04 bits per heavy atom. The molecular weight excluding hydrogens is 342 g/mol. The van der Waals surface area contributed by atoms with Crippen LogP contribution in [-0.4, -0.2) is 25.0 Å². The molecule has 0 aliphatic carbocycles. The smallest absolute Gasteiger partial charge is 0.262 e. The fourth-order valence-electron chi connectivity index (χ4n) is 2.86. The Kier molecular flexibility index (Phi) is 4.61. The van der Waals surface area contributed by atoms with E-state index in [1.54, 1.807) is 13.1 Å². The van der Waals surface area contributed by atoms with Gasteiger partial charge in [-0.15, -0.1) is 0 Å². The fourth-order valence-corrected chi connectivity index (χ4v) is 2.86.